The zero-order valence-corrected chi connectivity index (χ0v) is 11.4. The first-order valence-electron chi connectivity index (χ1n) is 5.86. The van der Waals surface area contributed by atoms with Gasteiger partial charge in [-0.1, -0.05) is 20.4 Å². The zero-order valence-electron chi connectivity index (χ0n) is 10.6. The Bertz CT molecular complexity index is 333. The summed E-state index contributed by atoms with van der Waals surface area (Å²) < 4.78 is 25.3. The van der Waals surface area contributed by atoms with E-state index in [-0.39, 0.29) is 18.2 Å². The largest absolute Gasteiger partial charge is 0.351 e. The predicted octanol–water partition coefficient (Wildman–Crippen LogP) is 0.740. The molecule has 100 valence electrons. The Morgan fingerprint density at radius 2 is 1.82 bits per heavy atom. The third-order valence-electron chi connectivity index (χ3n) is 2.18. The summed E-state index contributed by atoms with van der Waals surface area (Å²) in [5.74, 6) is -0.412. The van der Waals surface area contributed by atoms with E-state index < -0.39 is 10.0 Å². The Morgan fingerprint density at radius 3 is 2.24 bits per heavy atom. The lowest BCUT2D eigenvalue weighted by Crippen LogP contribution is -2.38. The maximum atomic E-state index is 11.9. The molecule has 0 atom stereocenters. The average molecular weight is 262 g/mol. The maximum absolute atomic E-state index is 11.9. The Morgan fingerprint density at radius 1 is 1.29 bits per heavy atom. The monoisotopic (exact) mass is 262 g/mol. The second-order valence-electron chi connectivity index (χ2n) is 3.71. The summed E-state index contributed by atoms with van der Waals surface area (Å²) in [5.41, 5.74) is 0. The highest BCUT2D eigenvalue weighted by Crippen LogP contribution is 2.03. The van der Waals surface area contributed by atoms with Crippen LogP contribution in [0.5, 0.6) is 0 Å². The van der Waals surface area contributed by atoms with Gasteiger partial charge in [-0.25, -0.2) is 12.7 Å². The van der Waals surface area contributed by atoms with Crippen molar-refractivity contribution in [2.24, 2.45) is 0 Å². The number of sulfonamides is 1. The van der Waals surface area contributed by atoms with E-state index in [9.17, 15) is 13.2 Å². The van der Waals surface area contributed by atoms with E-state index >= 15 is 0 Å². The number of nitrogens with zero attached hydrogens (tertiary/aromatic N) is 1. The number of hydrogen-bond donors (Lipinski definition) is 1. The molecule has 0 saturated heterocycles. The van der Waals surface area contributed by atoms with Crippen molar-refractivity contribution in [1.29, 1.82) is 0 Å². The third-order valence-corrected chi connectivity index (χ3v) is 4.06. The summed E-state index contributed by atoms with van der Waals surface area (Å²) >= 11 is 0. The number of rotatable bonds is 9. The minimum atomic E-state index is -3.27. The first kappa shape index (κ1) is 16.1. The van der Waals surface area contributed by atoms with Crippen LogP contribution in [0.25, 0.3) is 0 Å². The molecule has 6 heteroatoms. The molecule has 0 bridgehead atoms. The molecule has 0 aromatic carbocycles. The van der Waals surface area contributed by atoms with Crippen LogP contribution in [0.1, 0.15) is 26.7 Å². The van der Waals surface area contributed by atoms with Crippen LogP contribution in [0.15, 0.2) is 12.7 Å². The van der Waals surface area contributed by atoms with Crippen molar-refractivity contribution in [1.82, 2.24) is 9.62 Å². The van der Waals surface area contributed by atoms with Crippen molar-refractivity contribution in [3.05, 3.63) is 12.7 Å². The Hall–Kier alpha value is -0.880. The highest BCUT2D eigenvalue weighted by Gasteiger charge is 2.19. The first-order chi connectivity index (χ1) is 7.97. The second kappa shape index (κ2) is 8.25. The molecule has 0 aliphatic rings. The molecular formula is C11H22N2O3S. The molecular weight excluding hydrogens is 240 g/mol. The summed E-state index contributed by atoms with van der Waals surface area (Å²) in [6.07, 6.45) is 2.71. The highest BCUT2D eigenvalue weighted by molar-refractivity contribution is 7.89. The number of carbonyl (C=O) groups excluding carboxylic acids is 1. The van der Waals surface area contributed by atoms with Crippen LogP contribution < -0.4 is 5.32 Å². The SMILES string of the molecule is C=CC(=O)NCCS(=O)(=O)N(CCC)CCC. The van der Waals surface area contributed by atoms with Crippen molar-refractivity contribution in [2.75, 3.05) is 25.4 Å². The van der Waals surface area contributed by atoms with E-state index in [2.05, 4.69) is 11.9 Å². The van der Waals surface area contributed by atoms with E-state index in [1.54, 1.807) is 0 Å². The van der Waals surface area contributed by atoms with Gasteiger partial charge in [-0.3, -0.25) is 4.79 Å². The van der Waals surface area contributed by atoms with Gasteiger partial charge in [0.2, 0.25) is 15.9 Å². The molecule has 1 N–H and O–H groups in total. The van der Waals surface area contributed by atoms with Crippen molar-refractivity contribution in [3.63, 3.8) is 0 Å². The average Bonchev–Trinajstić information content (AvgIpc) is 2.28. The standard InChI is InChI=1S/C11H22N2O3S/c1-4-8-13(9-5-2)17(15,16)10-7-12-11(14)6-3/h6H,3-5,7-10H2,1-2H3,(H,12,14). The number of amides is 1. The quantitative estimate of drug-likeness (QED) is 0.623. The molecule has 0 aliphatic carbocycles. The third kappa shape index (κ3) is 6.43. The lowest BCUT2D eigenvalue weighted by molar-refractivity contribution is -0.116. The van der Waals surface area contributed by atoms with Crippen molar-refractivity contribution < 1.29 is 13.2 Å². The van der Waals surface area contributed by atoms with Crippen LogP contribution >= 0.6 is 0 Å². The van der Waals surface area contributed by atoms with Gasteiger partial charge >= 0.3 is 0 Å². The minimum absolute atomic E-state index is 0.0629. The fourth-order valence-corrected chi connectivity index (χ4v) is 2.93. The maximum Gasteiger partial charge on any atom is 0.243 e. The van der Waals surface area contributed by atoms with E-state index in [0.717, 1.165) is 18.9 Å². The Labute approximate surface area is 104 Å². The molecule has 0 rings (SSSR count). The summed E-state index contributed by atoms with van der Waals surface area (Å²) in [6, 6.07) is 0. The van der Waals surface area contributed by atoms with Crippen LogP contribution in [-0.4, -0.2) is 44.0 Å². The topological polar surface area (TPSA) is 66.5 Å². The summed E-state index contributed by atoms with van der Waals surface area (Å²) in [7, 11) is -3.27. The van der Waals surface area contributed by atoms with Crippen molar-refractivity contribution >= 4 is 15.9 Å². The molecule has 0 fully saturated rings. The van der Waals surface area contributed by atoms with Crippen molar-refractivity contribution in [2.45, 2.75) is 26.7 Å². The fraction of sp³-hybridized carbons (Fsp3) is 0.727. The van der Waals surface area contributed by atoms with Gasteiger partial charge < -0.3 is 5.32 Å². The van der Waals surface area contributed by atoms with Crippen molar-refractivity contribution in [3.8, 4) is 0 Å². The molecule has 0 aromatic rings. The van der Waals surface area contributed by atoms with Gasteiger partial charge in [0.1, 0.15) is 0 Å². The van der Waals surface area contributed by atoms with Crippen LogP contribution in [0, 0.1) is 0 Å². The minimum Gasteiger partial charge on any atom is -0.351 e. The first-order valence-corrected chi connectivity index (χ1v) is 7.47. The molecule has 0 aliphatic heterocycles. The molecule has 0 radical (unpaired) electrons. The summed E-state index contributed by atoms with van der Waals surface area (Å²) in [5, 5.41) is 2.46. The lowest BCUT2D eigenvalue weighted by Gasteiger charge is -2.20. The molecule has 0 unspecified atom stereocenters. The van der Waals surface area contributed by atoms with E-state index in [0.29, 0.717) is 13.1 Å². The van der Waals surface area contributed by atoms with Gasteiger partial charge in [-0.2, -0.15) is 0 Å². The van der Waals surface area contributed by atoms with Crippen LogP contribution in [0.2, 0.25) is 0 Å². The van der Waals surface area contributed by atoms with Crippen LogP contribution in [-0.2, 0) is 14.8 Å². The Kier molecular flexibility index (Phi) is 7.82. The number of hydrogen-bond acceptors (Lipinski definition) is 3. The number of nitrogens with one attached hydrogen (secondary N) is 1. The van der Waals surface area contributed by atoms with Gasteiger partial charge in [0.05, 0.1) is 5.75 Å². The molecule has 5 nitrogen and oxygen atoms in total. The van der Waals surface area contributed by atoms with E-state index in [1.807, 2.05) is 13.8 Å². The van der Waals surface area contributed by atoms with Gasteiger partial charge in [-0.15, -0.1) is 0 Å². The van der Waals surface area contributed by atoms with Crippen LogP contribution in [0.3, 0.4) is 0 Å². The molecule has 0 saturated carbocycles. The molecule has 0 aromatic heterocycles. The normalized spacial score (nSPS) is 11.5. The van der Waals surface area contributed by atoms with Crippen LogP contribution in [0.4, 0.5) is 0 Å². The highest BCUT2D eigenvalue weighted by atomic mass is 32.2. The summed E-state index contributed by atoms with van der Waals surface area (Å²) in [4.78, 5) is 10.9. The van der Waals surface area contributed by atoms with E-state index in [4.69, 9.17) is 0 Å². The Balaban J connectivity index is 4.31. The smallest absolute Gasteiger partial charge is 0.243 e. The van der Waals surface area contributed by atoms with E-state index in [1.165, 1.54) is 4.31 Å². The second-order valence-corrected chi connectivity index (χ2v) is 5.80. The van der Waals surface area contributed by atoms with Gasteiger partial charge in [-0.05, 0) is 18.9 Å². The van der Waals surface area contributed by atoms with Gasteiger partial charge in [0, 0.05) is 19.6 Å². The molecule has 1 amide bonds. The summed E-state index contributed by atoms with van der Waals surface area (Å²) in [6.45, 7) is 8.37. The molecule has 0 heterocycles. The van der Waals surface area contributed by atoms with Gasteiger partial charge in [0.25, 0.3) is 0 Å². The number of carbonyl (C=O) groups is 1. The zero-order chi connectivity index (χ0) is 13.3. The lowest BCUT2D eigenvalue weighted by atomic mass is 10.4. The molecule has 17 heavy (non-hydrogen) atoms. The predicted molar refractivity (Wildman–Crippen MR) is 69.1 cm³/mol. The fourth-order valence-electron chi connectivity index (χ4n) is 1.39. The molecule has 0 spiro atoms. The van der Waals surface area contributed by atoms with Gasteiger partial charge in [0.15, 0.2) is 0 Å².